The van der Waals surface area contributed by atoms with E-state index in [1.165, 1.54) is 19.1 Å². The lowest BCUT2D eigenvalue weighted by Gasteiger charge is -1.92. The van der Waals surface area contributed by atoms with Gasteiger partial charge in [0, 0.05) is 5.56 Å². The predicted molar refractivity (Wildman–Crippen MR) is 50.6 cm³/mol. The van der Waals surface area contributed by atoms with Gasteiger partial charge in [0.25, 0.3) is 0 Å². The summed E-state index contributed by atoms with van der Waals surface area (Å²) in [6.45, 7) is 1.41. The van der Waals surface area contributed by atoms with Gasteiger partial charge in [-0.25, -0.2) is 0 Å². The lowest BCUT2D eigenvalue weighted by Crippen LogP contribution is -1.94. The Kier molecular flexibility index (Phi) is 3.15. The highest BCUT2D eigenvalue weighted by Crippen LogP contribution is 2.00. The third-order valence-corrected chi connectivity index (χ3v) is 1.53. The van der Waals surface area contributed by atoms with Crippen molar-refractivity contribution in [3.8, 4) is 0 Å². The van der Waals surface area contributed by atoms with Gasteiger partial charge in [0.15, 0.2) is 11.6 Å². The first-order valence-electron chi connectivity index (χ1n) is 3.98. The predicted octanol–water partition coefficient (Wildman–Crippen LogP) is 2.01. The maximum Gasteiger partial charge on any atom is 0.185 e. The summed E-state index contributed by atoms with van der Waals surface area (Å²) in [4.78, 5) is 21.9. The minimum Gasteiger partial charge on any atom is -0.295 e. The Bertz CT molecular complexity index is 336. The average molecular weight is 174 g/mol. The van der Waals surface area contributed by atoms with Gasteiger partial charge < -0.3 is 0 Å². The molecule has 2 nitrogen and oxygen atoms in total. The van der Waals surface area contributed by atoms with Crippen molar-refractivity contribution in [2.24, 2.45) is 0 Å². The van der Waals surface area contributed by atoms with Crippen molar-refractivity contribution in [1.82, 2.24) is 0 Å². The Morgan fingerprint density at radius 3 is 2.23 bits per heavy atom. The van der Waals surface area contributed by atoms with Gasteiger partial charge in [-0.15, -0.1) is 0 Å². The van der Waals surface area contributed by atoms with Crippen LogP contribution in [0.1, 0.15) is 17.3 Å². The third-order valence-electron chi connectivity index (χ3n) is 1.53. The molecule has 0 radical (unpaired) electrons. The largest absolute Gasteiger partial charge is 0.295 e. The zero-order chi connectivity index (χ0) is 9.68. The van der Waals surface area contributed by atoms with Crippen LogP contribution in [0.5, 0.6) is 0 Å². The van der Waals surface area contributed by atoms with Crippen LogP contribution < -0.4 is 0 Å². The maximum absolute atomic E-state index is 11.3. The van der Waals surface area contributed by atoms with Gasteiger partial charge in [0.1, 0.15) is 0 Å². The SMILES string of the molecule is CC(=O)/C=C/C(=O)c1ccccc1. The first-order chi connectivity index (χ1) is 6.20. The summed E-state index contributed by atoms with van der Waals surface area (Å²) in [7, 11) is 0. The lowest BCUT2D eigenvalue weighted by atomic mass is 10.1. The van der Waals surface area contributed by atoms with Crippen molar-refractivity contribution in [2.45, 2.75) is 6.92 Å². The molecule has 0 spiro atoms. The van der Waals surface area contributed by atoms with Crippen molar-refractivity contribution in [1.29, 1.82) is 0 Å². The van der Waals surface area contributed by atoms with Gasteiger partial charge in [0.05, 0.1) is 0 Å². The van der Waals surface area contributed by atoms with E-state index in [1.807, 2.05) is 6.07 Å². The second-order valence-electron chi connectivity index (χ2n) is 2.67. The molecule has 1 aromatic carbocycles. The van der Waals surface area contributed by atoms with Crippen LogP contribution in [0, 0.1) is 0 Å². The molecule has 1 rings (SSSR count). The molecule has 0 aliphatic carbocycles. The summed E-state index contributed by atoms with van der Waals surface area (Å²) < 4.78 is 0. The van der Waals surface area contributed by atoms with E-state index in [9.17, 15) is 9.59 Å². The molecule has 0 saturated heterocycles. The number of hydrogen-bond donors (Lipinski definition) is 0. The topological polar surface area (TPSA) is 34.1 Å². The molecule has 0 unspecified atom stereocenters. The van der Waals surface area contributed by atoms with E-state index in [0.29, 0.717) is 5.56 Å². The van der Waals surface area contributed by atoms with Crippen molar-refractivity contribution < 1.29 is 9.59 Å². The Morgan fingerprint density at radius 1 is 1.08 bits per heavy atom. The fraction of sp³-hybridized carbons (Fsp3) is 0.0909. The standard InChI is InChI=1S/C11H10O2/c1-9(12)7-8-11(13)10-5-3-2-4-6-10/h2-8H,1H3/b8-7+. The van der Waals surface area contributed by atoms with E-state index in [2.05, 4.69) is 0 Å². The number of ketones is 2. The monoisotopic (exact) mass is 174 g/mol. The zero-order valence-corrected chi connectivity index (χ0v) is 7.36. The molecular weight excluding hydrogens is 164 g/mol. The Morgan fingerprint density at radius 2 is 1.69 bits per heavy atom. The van der Waals surface area contributed by atoms with E-state index in [1.54, 1.807) is 24.3 Å². The molecule has 0 saturated carbocycles. The number of carbonyl (C=O) groups excluding carboxylic acids is 2. The van der Waals surface area contributed by atoms with Gasteiger partial charge in [-0.3, -0.25) is 9.59 Å². The molecule has 2 heteroatoms. The molecule has 0 atom stereocenters. The molecule has 0 aliphatic heterocycles. The summed E-state index contributed by atoms with van der Waals surface area (Å²) in [6.07, 6.45) is 2.56. The van der Waals surface area contributed by atoms with Crippen molar-refractivity contribution in [3.05, 3.63) is 48.0 Å². The molecule has 0 fully saturated rings. The molecule has 1 aromatic rings. The summed E-state index contributed by atoms with van der Waals surface area (Å²) in [5.74, 6) is -0.264. The number of hydrogen-bond acceptors (Lipinski definition) is 2. The molecule has 0 aromatic heterocycles. The smallest absolute Gasteiger partial charge is 0.185 e. The molecule has 0 bridgehead atoms. The summed E-state index contributed by atoms with van der Waals surface area (Å²) in [6, 6.07) is 8.84. The summed E-state index contributed by atoms with van der Waals surface area (Å²) in [5, 5.41) is 0. The van der Waals surface area contributed by atoms with Gasteiger partial charge in [-0.2, -0.15) is 0 Å². The van der Waals surface area contributed by atoms with Gasteiger partial charge in [-0.1, -0.05) is 30.3 Å². The Hall–Kier alpha value is -1.70. The first kappa shape index (κ1) is 9.39. The number of benzene rings is 1. The zero-order valence-electron chi connectivity index (χ0n) is 7.36. The van der Waals surface area contributed by atoms with Crippen LogP contribution in [-0.2, 0) is 4.79 Å². The minimum atomic E-state index is -0.143. The average Bonchev–Trinajstić information content (AvgIpc) is 2.15. The normalized spacial score (nSPS) is 10.2. The second kappa shape index (κ2) is 4.36. The van der Waals surface area contributed by atoms with Crippen LogP contribution in [0.15, 0.2) is 42.5 Å². The molecule has 66 valence electrons. The molecule has 0 N–H and O–H groups in total. The van der Waals surface area contributed by atoms with E-state index in [4.69, 9.17) is 0 Å². The Balaban J connectivity index is 2.76. The van der Waals surface area contributed by atoms with Crippen LogP contribution in [0.4, 0.5) is 0 Å². The number of carbonyl (C=O) groups is 2. The summed E-state index contributed by atoms with van der Waals surface area (Å²) >= 11 is 0. The van der Waals surface area contributed by atoms with Crippen molar-refractivity contribution in [2.75, 3.05) is 0 Å². The highest BCUT2D eigenvalue weighted by Gasteiger charge is 1.98. The van der Waals surface area contributed by atoms with Crippen LogP contribution in [-0.4, -0.2) is 11.6 Å². The van der Waals surface area contributed by atoms with Crippen LogP contribution in [0.25, 0.3) is 0 Å². The lowest BCUT2D eigenvalue weighted by molar-refractivity contribution is -0.112. The van der Waals surface area contributed by atoms with E-state index >= 15 is 0 Å². The van der Waals surface area contributed by atoms with Crippen molar-refractivity contribution >= 4 is 11.6 Å². The second-order valence-corrected chi connectivity index (χ2v) is 2.67. The van der Waals surface area contributed by atoms with Gasteiger partial charge >= 0.3 is 0 Å². The van der Waals surface area contributed by atoms with Gasteiger partial charge in [0.2, 0.25) is 0 Å². The highest BCUT2D eigenvalue weighted by molar-refractivity contribution is 6.07. The quantitative estimate of drug-likeness (QED) is 0.519. The molecule has 0 heterocycles. The maximum atomic E-state index is 11.3. The van der Waals surface area contributed by atoms with Crippen molar-refractivity contribution in [3.63, 3.8) is 0 Å². The number of allylic oxidation sites excluding steroid dienone is 2. The van der Waals surface area contributed by atoms with Crippen LogP contribution >= 0.6 is 0 Å². The van der Waals surface area contributed by atoms with E-state index < -0.39 is 0 Å². The molecule has 13 heavy (non-hydrogen) atoms. The fourth-order valence-electron chi connectivity index (χ4n) is 0.892. The third kappa shape index (κ3) is 3.03. The highest BCUT2D eigenvalue weighted by atomic mass is 16.1. The van der Waals surface area contributed by atoms with E-state index in [0.717, 1.165) is 0 Å². The van der Waals surface area contributed by atoms with Crippen LogP contribution in [0.2, 0.25) is 0 Å². The van der Waals surface area contributed by atoms with E-state index in [-0.39, 0.29) is 11.6 Å². The number of rotatable bonds is 3. The van der Waals surface area contributed by atoms with Crippen LogP contribution in [0.3, 0.4) is 0 Å². The fourth-order valence-corrected chi connectivity index (χ4v) is 0.892. The first-order valence-corrected chi connectivity index (χ1v) is 3.98. The Labute approximate surface area is 76.9 Å². The molecule has 0 aliphatic rings. The van der Waals surface area contributed by atoms with Gasteiger partial charge in [-0.05, 0) is 19.1 Å². The minimum absolute atomic E-state index is 0.121. The molecule has 0 amide bonds. The summed E-state index contributed by atoms with van der Waals surface area (Å²) in [5.41, 5.74) is 0.597. The molecular formula is C11H10O2.